The van der Waals surface area contributed by atoms with Crippen molar-refractivity contribution in [3.8, 4) is 0 Å². The zero-order valence-electron chi connectivity index (χ0n) is 10.7. The molecule has 2 nitrogen and oxygen atoms in total. The topological polar surface area (TPSA) is 23.5 Å². The monoisotopic (exact) mass is 241 g/mol. The van der Waals surface area contributed by atoms with Crippen LogP contribution in [-0.4, -0.2) is 36.2 Å². The molecule has 0 saturated heterocycles. The first-order chi connectivity index (χ1) is 7.42. The van der Waals surface area contributed by atoms with Crippen LogP contribution < -0.4 is 0 Å². The van der Waals surface area contributed by atoms with Crippen LogP contribution in [0.15, 0.2) is 17.5 Å². The third kappa shape index (κ3) is 4.24. The Kier molecular flexibility index (Phi) is 4.96. The van der Waals surface area contributed by atoms with Crippen LogP contribution in [0.4, 0.5) is 0 Å². The summed E-state index contributed by atoms with van der Waals surface area (Å²) in [5, 5.41) is 11.8. The van der Waals surface area contributed by atoms with Gasteiger partial charge in [0.2, 0.25) is 0 Å². The zero-order valence-corrected chi connectivity index (χ0v) is 11.5. The minimum atomic E-state index is -0.267. The number of thiophene rings is 1. The van der Waals surface area contributed by atoms with Gasteiger partial charge in [-0.15, -0.1) is 11.3 Å². The lowest BCUT2D eigenvalue weighted by Crippen LogP contribution is -2.39. The average Bonchev–Trinajstić information content (AvgIpc) is 2.66. The summed E-state index contributed by atoms with van der Waals surface area (Å²) in [7, 11) is 2.12. The van der Waals surface area contributed by atoms with E-state index in [0.717, 1.165) is 19.5 Å². The Morgan fingerprint density at radius 3 is 2.69 bits per heavy atom. The molecule has 92 valence electrons. The summed E-state index contributed by atoms with van der Waals surface area (Å²) in [6.45, 7) is 8.07. The largest absolute Gasteiger partial charge is 0.393 e. The van der Waals surface area contributed by atoms with E-state index in [1.165, 1.54) is 4.88 Å². The predicted octanol–water partition coefficient (Wildman–Crippen LogP) is 2.63. The highest BCUT2D eigenvalue weighted by atomic mass is 32.1. The van der Waals surface area contributed by atoms with Gasteiger partial charge in [0, 0.05) is 23.4 Å². The lowest BCUT2D eigenvalue weighted by Gasteiger charge is -2.32. The van der Waals surface area contributed by atoms with Gasteiger partial charge in [-0.3, -0.25) is 0 Å². The second kappa shape index (κ2) is 5.80. The smallest absolute Gasteiger partial charge is 0.0575 e. The summed E-state index contributed by atoms with van der Waals surface area (Å²) in [5.41, 5.74) is -0.0375. The minimum absolute atomic E-state index is 0.0375. The molecule has 0 bridgehead atoms. The van der Waals surface area contributed by atoms with Crippen LogP contribution in [-0.2, 0) is 6.42 Å². The molecule has 1 unspecified atom stereocenters. The van der Waals surface area contributed by atoms with Crippen molar-refractivity contribution in [3.05, 3.63) is 22.4 Å². The Balaban J connectivity index is 2.33. The highest BCUT2D eigenvalue weighted by Crippen LogP contribution is 2.21. The molecule has 1 N–H and O–H groups in total. The van der Waals surface area contributed by atoms with Gasteiger partial charge in [0.1, 0.15) is 0 Å². The molecule has 1 rings (SSSR count). The lowest BCUT2D eigenvalue weighted by atomic mass is 9.87. The molecule has 0 aromatic carbocycles. The van der Waals surface area contributed by atoms with Crippen LogP contribution in [0.3, 0.4) is 0 Å². The van der Waals surface area contributed by atoms with E-state index in [-0.39, 0.29) is 11.5 Å². The second-order valence-corrected chi connectivity index (χ2v) is 6.26. The van der Waals surface area contributed by atoms with Gasteiger partial charge in [0.15, 0.2) is 0 Å². The van der Waals surface area contributed by atoms with E-state index in [0.29, 0.717) is 0 Å². The van der Waals surface area contributed by atoms with E-state index in [4.69, 9.17) is 0 Å². The number of likely N-dealkylation sites (N-methyl/N-ethyl adjacent to an activating group) is 1. The van der Waals surface area contributed by atoms with Crippen LogP contribution in [0.2, 0.25) is 0 Å². The van der Waals surface area contributed by atoms with E-state index in [1.54, 1.807) is 0 Å². The molecule has 1 aromatic heterocycles. The molecule has 1 aromatic rings. The van der Waals surface area contributed by atoms with Gasteiger partial charge in [-0.1, -0.05) is 19.9 Å². The third-order valence-electron chi connectivity index (χ3n) is 3.13. The Hall–Kier alpha value is -0.380. The summed E-state index contributed by atoms with van der Waals surface area (Å²) >= 11 is 1.81. The van der Waals surface area contributed by atoms with Gasteiger partial charge in [0.05, 0.1) is 6.10 Å². The van der Waals surface area contributed by atoms with Crippen LogP contribution >= 0.6 is 11.3 Å². The first-order valence-corrected chi connectivity index (χ1v) is 6.69. The highest BCUT2D eigenvalue weighted by Gasteiger charge is 2.25. The number of hydrogen-bond donors (Lipinski definition) is 1. The quantitative estimate of drug-likeness (QED) is 0.827. The van der Waals surface area contributed by atoms with Gasteiger partial charge in [-0.25, -0.2) is 0 Å². The number of hydrogen-bond acceptors (Lipinski definition) is 3. The fourth-order valence-corrected chi connectivity index (χ4v) is 2.36. The van der Waals surface area contributed by atoms with Gasteiger partial charge in [-0.2, -0.15) is 0 Å². The maximum atomic E-state index is 9.66. The number of aliphatic hydroxyl groups is 1. The molecular weight excluding hydrogens is 218 g/mol. The summed E-state index contributed by atoms with van der Waals surface area (Å²) < 4.78 is 0. The molecule has 0 saturated carbocycles. The normalized spacial score (nSPS) is 14.4. The van der Waals surface area contributed by atoms with Crippen LogP contribution in [0.1, 0.15) is 25.6 Å². The summed E-state index contributed by atoms with van der Waals surface area (Å²) in [5.74, 6) is 0. The van der Waals surface area contributed by atoms with Crippen molar-refractivity contribution in [2.75, 3.05) is 20.1 Å². The molecule has 16 heavy (non-hydrogen) atoms. The van der Waals surface area contributed by atoms with Crippen molar-refractivity contribution in [2.45, 2.75) is 33.3 Å². The molecule has 0 spiro atoms. The molecule has 0 aliphatic heterocycles. The molecule has 0 amide bonds. The van der Waals surface area contributed by atoms with Crippen molar-refractivity contribution >= 4 is 11.3 Å². The Morgan fingerprint density at radius 2 is 2.19 bits per heavy atom. The van der Waals surface area contributed by atoms with Gasteiger partial charge in [0.25, 0.3) is 0 Å². The fraction of sp³-hybridized carbons (Fsp3) is 0.692. The minimum Gasteiger partial charge on any atom is -0.393 e. The maximum Gasteiger partial charge on any atom is 0.0575 e. The maximum absolute atomic E-state index is 9.66. The van der Waals surface area contributed by atoms with E-state index in [9.17, 15) is 5.11 Å². The van der Waals surface area contributed by atoms with E-state index in [1.807, 2.05) is 18.3 Å². The standard InChI is InChI=1S/C13H23NOS/c1-11(15)13(2,3)10-14(4)8-7-12-6-5-9-16-12/h5-6,9,11,15H,7-8,10H2,1-4H3. The van der Waals surface area contributed by atoms with Gasteiger partial charge in [-0.05, 0) is 31.8 Å². The first-order valence-electron chi connectivity index (χ1n) is 5.81. The van der Waals surface area contributed by atoms with Gasteiger partial charge < -0.3 is 10.0 Å². The molecule has 3 heteroatoms. The Labute approximate surface area is 103 Å². The van der Waals surface area contributed by atoms with Gasteiger partial charge >= 0.3 is 0 Å². The number of rotatable bonds is 6. The van der Waals surface area contributed by atoms with Crippen LogP contribution in [0.5, 0.6) is 0 Å². The molecule has 1 atom stereocenters. The van der Waals surface area contributed by atoms with Crippen molar-refractivity contribution < 1.29 is 5.11 Å². The molecule has 0 aliphatic rings. The second-order valence-electron chi connectivity index (χ2n) is 5.23. The number of aliphatic hydroxyl groups excluding tert-OH is 1. The van der Waals surface area contributed by atoms with Crippen molar-refractivity contribution in [2.24, 2.45) is 5.41 Å². The lowest BCUT2D eigenvalue weighted by molar-refractivity contribution is 0.0412. The average molecular weight is 241 g/mol. The molecule has 1 heterocycles. The first kappa shape index (κ1) is 13.7. The Bertz CT molecular complexity index is 293. The summed E-state index contributed by atoms with van der Waals surface area (Å²) in [6.07, 6.45) is 0.834. The SMILES string of the molecule is CC(O)C(C)(C)CN(C)CCc1cccs1. The predicted molar refractivity (Wildman–Crippen MR) is 71.0 cm³/mol. The molecule has 0 radical (unpaired) electrons. The van der Waals surface area contributed by atoms with E-state index >= 15 is 0 Å². The third-order valence-corrected chi connectivity index (χ3v) is 4.06. The van der Waals surface area contributed by atoms with Crippen molar-refractivity contribution in [1.82, 2.24) is 4.90 Å². The highest BCUT2D eigenvalue weighted by molar-refractivity contribution is 7.09. The Morgan fingerprint density at radius 1 is 1.50 bits per heavy atom. The molecule has 0 aliphatic carbocycles. The van der Waals surface area contributed by atoms with E-state index < -0.39 is 0 Å². The van der Waals surface area contributed by atoms with Crippen molar-refractivity contribution in [3.63, 3.8) is 0 Å². The number of nitrogens with zero attached hydrogens (tertiary/aromatic N) is 1. The molecule has 0 fully saturated rings. The fourth-order valence-electron chi connectivity index (χ4n) is 1.66. The summed E-state index contributed by atoms with van der Waals surface area (Å²) in [6, 6.07) is 4.28. The zero-order chi connectivity index (χ0) is 12.2. The van der Waals surface area contributed by atoms with E-state index in [2.05, 4.69) is 43.3 Å². The summed E-state index contributed by atoms with van der Waals surface area (Å²) in [4.78, 5) is 3.73. The van der Waals surface area contributed by atoms with Crippen molar-refractivity contribution in [1.29, 1.82) is 0 Å². The van der Waals surface area contributed by atoms with Crippen LogP contribution in [0, 0.1) is 5.41 Å². The van der Waals surface area contributed by atoms with Crippen LogP contribution in [0.25, 0.3) is 0 Å². The molecular formula is C13H23NOS.